The zero-order valence-electron chi connectivity index (χ0n) is 16.7. The lowest BCUT2D eigenvalue weighted by molar-refractivity contribution is -0.123. The summed E-state index contributed by atoms with van der Waals surface area (Å²) in [5, 5.41) is 3.53. The van der Waals surface area contributed by atoms with Crippen molar-refractivity contribution in [2.75, 3.05) is 13.2 Å². The van der Waals surface area contributed by atoms with Crippen LogP contribution in [0.1, 0.15) is 11.4 Å². The van der Waals surface area contributed by atoms with Crippen LogP contribution in [0, 0.1) is 0 Å². The van der Waals surface area contributed by atoms with Crippen molar-refractivity contribution in [2.24, 2.45) is 0 Å². The highest BCUT2D eigenvalue weighted by Gasteiger charge is 2.12. The van der Waals surface area contributed by atoms with Crippen LogP contribution in [-0.4, -0.2) is 28.6 Å². The molecule has 1 heterocycles. The molecule has 1 aromatic heterocycles. The summed E-state index contributed by atoms with van der Waals surface area (Å²) in [6.45, 7) is 1.14. The predicted octanol–water partition coefficient (Wildman–Crippen LogP) is 5.24. The monoisotopic (exact) mass is 497 g/mol. The average molecular weight is 499 g/mol. The third-order valence-corrected chi connectivity index (χ3v) is 5.56. The number of amides is 1. The zero-order chi connectivity index (χ0) is 21.6. The van der Waals surface area contributed by atoms with Gasteiger partial charge in [-0.2, -0.15) is 0 Å². The zero-order valence-corrected chi connectivity index (χ0v) is 19.1. The molecule has 0 atom stereocenters. The highest BCUT2D eigenvalue weighted by atomic mass is 79.9. The number of benzene rings is 3. The highest BCUT2D eigenvalue weighted by molar-refractivity contribution is 9.10. The second-order valence-corrected chi connectivity index (χ2v) is 8.43. The standard InChI is InChI=1S/C24H21BrClN3O2/c25-18-5-3-4-17(14-18)15-29-22-7-2-1-6-21(22)28-23(29)12-13-27-24(30)16-31-20-10-8-19(26)9-11-20/h1-11,14H,12-13,15-16H2,(H,27,30). The molecule has 0 saturated heterocycles. The van der Waals surface area contributed by atoms with E-state index in [0.717, 1.165) is 21.3 Å². The van der Waals surface area contributed by atoms with Gasteiger partial charge in [-0.1, -0.05) is 51.8 Å². The lowest BCUT2D eigenvalue weighted by Gasteiger charge is -2.11. The molecule has 0 bridgehead atoms. The van der Waals surface area contributed by atoms with Crippen molar-refractivity contribution in [3.05, 3.63) is 93.7 Å². The minimum atomic E-state index is -0.176. The molecule has 0 saturated carbocycles. The number of nitrogens with zero attached hydrogens (tertiary/aromatic N) is 2. The third-order valence-electron chi connectivity index (χ3n) is 4.82. The van der Waals surface area contributed by atoms with Crippen LogP contribution >= 0.6 is 27.5 Å². The van der Waals surface area contributed by atoms with Crippen LogP contribution in [0.4, 0.5) is 0 Å². The molecule has 4 rings (SSSR count). The quantitative estimate of drug-likeness (QED) is 0.361. The molecule has 3 aromatic carbocycles. The molecule has 1 N–H and O–H groups in total. The Hall–Kier alpha value is -2.83. The summed E-state index contributed by atoms with van der Waals surface area (Å²) in [6, 6.07) is 23.2. The molecule has 0 aliphatic heterocycles. The van der Waals surface area contributed by atoms with Gasteiger partial charge < -0.3 is 14.6 Å². The minimum absolute atomic E-state index is 0.0455. The van der Waals surface area contributed by atoms with E-state index in [0.29, 0.717) is 30.3 Å². The Kier molecular flexibility index (Phi) is 6.89. The summed E-state index contributed by atoms with van der Waals surface area (Å²) in [5.41, 5.74) is 3.21. The van der Waals surface area contributed by atoms with Crippen LogP contribution in [0.3, 0.4) is 0 Å². The number of hydrogen-bond donors (Lipinski definition) is 1. The van der Waals surface area contributed by atoms with Gasteiger partial charge in [-0.15, -0.1) is 0 Å². The van der Waals surface area contributed by atoms with Crippen molar-refractivity contribution in [1.82, 2.24) is 14.9 Å². The van der Waals surface area contributed by atoms with E-state index in [1.54, 1.807) is 24.3 Å². The van der Waals surface area contributed by atoms with E-state index < -0.39 is 0 Å². The first-order valence-electron chi connectivity index (χ1n) is 9.92. The van der Waals surface area contributed by atoms with Crippen LogP contribution in [0.25, 0.3) is 11.0 Å². The smallest absolute Gasteiger partial charge is 0.257 e. The van der Waals surface area contributed by atoms with Gasteiger partial charge in [0.05, 0.1) is 11.0 Å². The number of para-hydroxylation sites is 2. The summed E-state index contributed by atoms with van der Waals surface area (Å²) in [7, 11) is 0. The van der Waals surface area contributed by atoms with E-state index in [1.807, 2.05) is 30.3 Å². The molecule has 0 fully saturated rings. The largest absolute Gasteiger partial charge is 0.484 e. The number of carbonyl (C=O) groups is 1. The third kappa shape index (κ3) is 5.66. The maximum absolute atomic E-state index is 12.2. The van der Waals surface area contributed by atoms with Crippen LogP contribution in [0.15, 0.2) is 77.3 Å². The molecule has 0 spiro atoms. The molecule has 4 aromatic rings. The molecular weight excluding hydrogens is 478 g/mol. The van der Waals surface area contributed by atoms with E-state index in [1.165, 1.54) is 5.56 Å². The van der Waals surface area contributed by atoms with Gasteiger partial charge in [-0.25, -0.2) is 4.98 Å². The molecule has 0 aliphatic carbocycles. The number of rotatable bonds is 8. The fourth-order valence-corrected chi connectivity index (χ4v) is 3.93. The topological polar surface area (TPSA) is 56.1 Å². The molecule has 1 amide bonds. The summed E-state index contributed by atoms with van der Waals surface area (Å²) < 4.78 is 8.74. The number of imidazole rings is 1. The van der Waals surface area contributed by atoms with Gasteiger partial charge in [-0.05, 0) is 54.1 Å². The molecule has 7 heteroatoms. The van der Waals surface area contributed by atoms with Gasteiger partial charge in [0.25, 0.3) is 5.91 Å². The van der Waals surface area contributed by atoms with Gasteiger partial charge in [0.1, 0.15) is 11.6 Å². The van der Waals surface area contributed by atoms with E-state index in [4.69, 9.17) is 21.3 Å². The number of ether oxygens (including phenoxy) is 1. The Labute approximate surface area is 194 Å². The Balaban J connectivity index is 1.39. The van der Waals surface area contributed by atoms with Crippen LogP contribution in [0.5, 0.6) is 5.75 Å². The fourth-order valence-electron chi connectivity index (χ4n) is 3.36. The summed E-state index contributed by atoms with van der Waals surface area (Å²) >= 11 is 9.39. The van der Waals surface area contributed by atoms with Gasteiger partial charge in [-0.3, -0.25) is 4.79 Å². The maximum Gasteiger partial charge on any atom is 0.257 e. The second-order valence-electron chi connectivity index (χ2n) is 7.08. The lowest BCUT2D eigenvalue weighted by Crippen LogP contribution is -2.31. The van der Waals surface area contributed by atoms with E-state index in [-0.39, 0.29) is 12.5 Å². The van der Waals surface area contributed by atoms with E-state index in [9.17, 15) is 4.79 Å². The number of carbonyl (C=O) groups excluding carboxylic acids is 1. The van der Waals surface area contributed by atoms with Crippen molar-refractivity contribution in [3.63, 3.8) is 0 Å². The van der Waals surface area contributed by atoms with Crippen LogP contribution in [0.2, 0.25) is 5.02 Å². The van der Waals surface area contributed by atoms with Crippen molar-refractivity contribution in [1.29, 1.82) is 0 Å². The number of hydrogen-bond acceptors (Lipinski definition) is 3. The van der Waals surface area contributed by atoms with Crippen molar-refractivity contribution in [3.8, 4) is 5.75 Å². The fraction of sp³-hybridized carbons (Fsp3) is 0.167. The predicted molar refractivity (Wildman–Crippen MR) is 127 cm³/mol. The Morgan fingerprint density at radius 3 is 2.68 bits per heavy atom. The van der Waals surface area contributed by atoms with Gasteiger partial charge >= 0.3 is 0 Å². The Morgan fingerprint density at radius 1 is 1.06 bits per heavy atom. The summed E-state index contributed by atoms with van der Waals surface area (Å²) in [4.78, 5) is 17.0. The average Bonchev–Trinajstić information content (AvgIpc) is 3.11. The minimum Gasteiger partial charge on any atom is -0.484 e. The normalized spacial score (nSPS) is 10.9. The first-order valence-corrected chi connectivity index (χ1v) is 11.1. The first kappa shape index (κ1) is 21.4. The van der Waals surface area contributed by atoms with E-state index in [2.05, 4.69) is 44.0 Å². The number of aromatic nitrogens is 2. The molecular formula is C24H21BrClN3O2. The molecule has 0 aliphatic rings. The van der Waals surface area contributed by atoms with E-state index >= 15 is 0 Å². The van der Waals surface area contributed by atoms with Gasteiger partial charge in [0.2, 0.25) is 0 Å². The van der Waals surface area contributed by atoms with Crippen LogP contribution < -0.4 is 10.1 Å². The number of nitrogens with one attached hydrogen (secondary N) is 1. The van der Waals surface area contributed by atoms with Crippen molar-refractivity contribution < 1.29 is 9.53 Å². The van der Waals surface area contributed by atoms with Crippen molar-refractivity contribution >= 4 is 44.5 Å². The SMILES string of the molecule is O=C(COc1ccc(Cl)cc1)NCCc1nc2ccccc2n1Cc1cccc(Br)c1. The van der Waals surface area contributed by atoms with Crippen LogP contribution in [-0.2, 0) is 17.8 Å². The van der Waals surface area contributed by atoms with Gasteiger partial charge in [0, 0.05) is 29.0 Å². The molecule has 0 radical (unpaired) electrons. The van der Waals surface area contributed by atoms with Crippen molar-refractivity contribution in [2.45, 2.75) is 13.0 Å². The molecule has 31 heavy (non-hydrogen) atoms. The molecule has 5 nitrogen and oxygen atoms in total. The van der Waals surface area contributed by atoms with Gasteiger partial charge in [0.15, 0.2) is 6.61 Å². The highest BCUT2D eigenvalue weighted by Crippen LogP contribution is 2.20. The summed E-state index contributed by atoms with van der Waals surface area (Å²) in [6.07, 6.45) is 0.620. The molecule has 158 valence electrons. The summed E-state index contributed by atoms with van der Waals surface area (Å²) in [5.74, 6) is 1.36. The number of fused-ring (bicyclic) bond motifs is 1. The first-order chi connectivity index (χ1) is 15.1. The Morgan fingerprint density at radius 2 is 1.87 bits per heavy atom. The second kappa shape index (κ2) is 9.98. The number of halogens is 2. The lowest BCUT2D eigenvalue weighted by atomic mass is 10.2. The molecule has 0 unspecified atom stereocenters. The Bertz CT molecular complexity index is 1190. The maximum atomic E-state index is 12.2.